The summed E-state index contributed by atoms with van der Waals surface area (Å²) in [6.07, 6.45) is 2.63. The summed E-state index contributed by atoms with van der Waals surface area (Å²) in [5.74, 6) is 0.814. The lowest BCUT2D eigenvalue weighted by Crippen LogP contribution is -2.31. The first-order valence-corrected chi connectivity index (χ1v) is 3.28. The van der Waals surface area contributed by atoms with Crippen LogP contribution in [0, 0.1) is 5.92 Å². The Morgan fingerprint density at radius 2 is 2.38 bits per heavy atom. The van der Waals surface area contributed by atoms with Crippen LogP contribution in [0.5, 0.6) is 0 Å². The summed E-state index contributed by atoms with van der Waals surface area (Å²) in [6, 6.07) is 0. The fraction of sp³-hybridized carbons (Fsp3) is 1.00. The molecule has 44 valence electrons. The summed E-state index contributed by atoms with van der Waals surface area (Å²) < 4.78 is 0. The van der Waals surface area contributed by atoms with Gasteiger partial charge < -0.3 is 4.81 Å². The first kappa shape index (κ1) is 6.15. The van der Waals surface area contributed by atoms with Gasteiger partial charge in [-0.2, -0.15) is 0 Å². The van der Waals surface area contributed by atoms with Crippen LogP contribution in [0.4, 0.5) is 0 Å². The van der Waals surface area contributed by atoms with Crippen LogP contribution in [0.15, 0.2) is 0 Å². The summed E-state index contributed by atoms with van der Waals surface area (Å²) in [7, 11) is 5.56. The third-order valence-corrected chi connectivity index (χ3v) is 1.69. The van der Waals surface area contributed by atoms with E-state index in [-0.39, 0.29) is 0 Å². The van der Waals surface area contributed by atoms with E-state index in [2.05, 4.69) is 6.92 Å². The normalized spacial score (nSPS) is 32.9. The van der Waals surface area contributed by atoms with Crippen LogP contribution >= 0.6 is 0 Å². The third-order valence-electron chi connectivity index (χ3n) is 1.69. The van der Waals surface area contributed by atoms with E-state index in [1.807, 2.05) is 4.81 Å². The van der Waals surface area contributed by atoms with Gasteiger partial charge in [0.15, 0.2) is 7.98 Å². The molecule has 1 fully saturated rings. The zero-order chi connectivity index (χ0) is 5.98. The molecular formula is C6H12BN. The average Bonchev–Trinajstić information content (AvgIpc) is 1.64. The second-order valence-corrected chi connectivity index (χ2v) is 2.74. The van der Waals surface area contributed by atoms with Crippen molar-refractivity contribution in [3.05, 3.63) is 0 Å². The number of rotatable bonds is 0. The van der Waals surface area contributed by atoms with Crippen molar-refractivity contribution in [2.24, 2.45) is 5.92 Å². The highest BCUT2D eigenvalue weighted by atomic mass is 15.0. The van der Waals surface area contributed by atoms with Crippen LogP contribution in [-0.4, -0.2) is 25.9 Å². The molecule has 0 aromatic heterocycles. The Balaban J connectivity index is 2.23. The molecular weight excluding hydrogens is 96.9 g/mol. The molecule has 1 atom stereocenters. The molecule has 0 saturated carbocycles. The van der Waals surface area contributed by atoms with Crippen LogP contribution in [0.25, 0.3) is 0 Å². The molecule has 1 unspecified atom stereocenters. The van der Waals surface area contributed by atoms with E-state index in [0.29, 0.717) is 0 Å². The average molecular weight is 109 g/mol. The Kier molecular flexibility index (Phi) is 1.95. The standard InChI is InChI=1S/C6H12BN/c1-6-3-2-4-8(7)5-6/h6H,2-5H2,1H3. The first-order chi connectivity index (χ1) is 3.79. The zero-order valence-electron chi connectivity index (χ0n) is 5.43. The Morgan fingerprint density at radius 1 is 1.62 bits per heavy atom. The SMILES string of the molecule is [B]N1CCCC(C)C1. The molecule has 0 amide bonds. The molecule has 0 N–H and O–H groups in total. The minimum absolute atomic E-state index is 0.814. The molecule has 2 heteroatoms. The van der Waals surface area contributed by atoms with Gasteiger partial charge in [-0.3, -0.25) is 0 Å². The van der Waals surface area contributed by atoms with Gasteiger partial charge >= 0.3 is 0 Å². The van der Waals surface area contributed by atoms with Gasteiger partial charge in [0.1, 0.15) is 0 Å². The van der Waals surface area contributed by atoms with Gasteiger partial charge in [0.25, 0.3) is 0 Å². The Labute approximate surface area is 52.5 Å². The summed E-state index contributed by atoms with van der Waals surface area (Å²) in [6.45, 7) is 4.42. The maximum Gasteiger partial charge on any atom is 0.182 e. The monoisotopic (exact) mass is 109 g/mol. The maximum absolute atomic E-state index is 5.56. The summed E-state index contributed by atoms with van der Waals surface area (Å²) in [4.78, 5) is 1.91. The van der Waals surface area contributed by atoms with Gasteiger partial charge in [0.05, 0.1) is 0 Å². The molecule has 0 bridgehead atoms. The molecule has 1 rings (SSSR count). The van der Waals surface area contributed by atoms with Crippen molar-refractivity contribution in [3.8, 4) is 0 Å². The summed E-state index contributed by atoms with van der Waals surface area (Å²) in [5, 5.41) is 0. The highest BCUT2D eigenvalue weighted by Crippen LogP contribution is 2.12. The van der Waals surface area contributed by atoms with E-state index in [1.165, 1.54) is 12.8 Å². The second kappa shape index (κ2) is 2.54. The largest absolute Gasteiger partial charge is 0.353 e. The Morgan fingerprint density at radius 3 is 2.75 bits per heavy atom. The van der Waals surface area contributed by atoms with Gasteiger partial charge in [-0.15, -0.1) is 0 Å². The van der Waals surface area contributed by atoms with E-state index in [4.69, 9.17) is 7.98 Å². The lowest BCUT2D eigenvalue weighted by molar-refractivity contribution is 0.292. The van der Waals surface area contributed by atoms with Crippen molar-refractivity contribution in [2.75, 3.05) is 13.1 Å². The van der Waals surface area contributed by atoms with E-state index in [9.17, 15) is 0 Å². The van der Waals surface area contributed by atoms with Crippen molar-refractivity contribution in [1.82, 2.24) is 4.81 Å². The highest BCUT2D eigenvalue weighted by molar-refractivity contribution is 6.04. The molecule has 0 spiro atoms. The molecule has 1 saturated heterocycles. The van der Waals surface area contributed by atoms with E-state index in [1.54, 1.807) is 0 Å². The van der Waals surface area contributed by atoms with Crippen LogP contribution < -0.4 is 0 Å². The molecule has 0 aromatic rings. The van der Waals surface area contributed by atoms with Crippen molar-refractivity contribution in [3.63, 3.8) is 0 Å². The van der Waals surface area contributed by atoms with Crippen molar-refractivity contribution in [2.45, 2.75) is 19.8 Å². The number of hydrogen-bond acceptors (Lipinski definition) is 1. The summed E-state index contributed by atoms with van der Waals surface area (Å²) in [5.41, 5.74) is 0. The quantitative estimate of drug-likeness (QED) is 0.416. The van der Waals surface area contributed by atoms with E-state index >= 15 is 0 Å². The van der Waals surface area contributed by atoms with Crippen LogP contribution in [0.1, 0.15) is 19.8 Å². The predicted octanol–water partition coefficient (Wildman–Crippen LogP) is 0.802. The van der Waals surface area contributed by atoms with Crippen molar-refractivity contribution >= 4 is 7.98 Å². The van der Waals surface area contributed by atoms with E-state index in [0.717, 1.165) is 19.0 Å². The number of hydrogen-bond donors (Lipinski definition) is 0. The third kappa shape index (κ3) is 1.51. The van der Waals surface area contributed by atoms with Crippen molar-refractivity contribution in [1.29, 1.82) is 0 Å². The Hall–Kier alpha value is 0.0249. The molecule has 2 radical (unpaired) electrons. The van der Waals surface area contributed by atoms with Crippen LogP contribution in [0.2, 0.25) is 0 Å². The zero-order valence-corrected chi connectivity index (χ0v) is 5.43. The highest BCUT2D eigenvalue weighted by Gasteiger charge is 2.10. The van der Waals surface area contributed by atoms with Gasteiger partial charge in [-0.05, 0) is 31.8 Å². The number of nitrogens with zero attached hydrogens (tertiary/aromatic N) is 1. The molecule has 1 aliphatic heterocycles. The van der Waals surface area contributed by atoms with Gasteiger partial charge in [0, 0.05) is 0 Å². The maximum atomic E-state index is 5.56. The fourth-order valence-electron chi connectivity index (χ4n) is 1.23. The first-order valence-electron chi connectivity index (χ1n) is 3.28. The van der Waals surface area contributed by atoms with Gasteiger partial charge in [0.2, 0.25) is 0 Å². The topological polar surface area (TPSA) is 3.24 Å². The minimum Gasteiger partial charge on any atom is -0.353 e. The van der Waals surface area contributed by atoms with Gasteiger partial charge in [-0.25, -0.2) is 0 Å². The molecule has 1 heterocycles. The lowest BCUT2D eigenvalue weighted by Gasteiger charge is -2.27. The smallest absolute Gasteiger partial charge is 0.182 e. The van der Waals surface area contributed by atoms with Crippen LogP contribution in [-0.2, 0) is 0 Å². The predicted molar refractivity (Wildman–Crippen MR) is 35.7 cm³/mol. The van der Waals surface area contributed by atoms with Gasteiger partial charge in [-0.1, -0.05) is 6.92 Å². The molecule has 8 heavy (non-hydrogen) atoms. The second-order valence-electron chi connectivity index (χ2n) is 2.74. The summed E-state index contributed by atoms with van der Waals surface area (Å²) >= 11 is 0. The number of piperidine rings is 1. The fourth-order valence-corrected chi connectivity index (χ4v) is 1.23. The van der Waals surface area contributed by atoms with E-state index < -0.39 is 0 Å². The molecule has 1 nitrogen and oxygen atoms in total. The molecule has 0 aromatic carbocycles. The minimum atomic E-state index is 0.814. The van der Waals surface area contributed by atoms with Crippen LogP contribution in [0.3, 0.4) is 0 Å². The lowest BCUT2D eigenvalue weighted by atomic mass is 9.98. The van der Waals surface area contributed by atoms with Crippen molar-refractivity contribution < 1.29 is 0 Å². The molecule has 0 aliphatic carbocycles. The molecule has 1 aliphatic rings. The Bertz CT molecular complexity index is 66.9.